The monoisotopic (exact) mass is 274 g/mol. The largest absolute Gasteiger partial charge is 0.328 e. The van der Waals surface area contributed by atoms with Crippen LogP contribution in [0, 0.1) is 11.8 Å². The normalized spacial score (nSPS) is 19.4. The molecule has 112 valence electrons. The lowest BCUT2D eigenvalue weighted by atomic mass is 9.91. The van der Waals surface area contributed by atoms with Crippen molar-refractivity contribution < 1.29 is 0 Å². The SMILES string of the molecule is CC(C)Cc1ccc(CN2CCC(C(C)N)CC2)cc1. The van der Waals surface area contributed by atoms with Gasteiger partial charge < -0.3 is 5.73 Å². The Morgan fingerprint density at radius 1 is 1.05 bits per heavy atom. The lowest BCUT2D eigenvalue weighted by Gasteiger charge is -2.33. The number of benzene rings is 1. The van der Waals surface area contributed by atoms with Crippen LogP contribution in [0.2, 0.25) is 0 Å². The predicted octanol–water partition coefficient (Wildman–Crippen LogP) is 3.44. The summed E-state index contributed by atoms with van der Waals surface area (Å²) in [4.78, 5) is 2.57. The van der Waals surface area contributed by atoms with Crippen LogP contribution in [0.5, 0.6) is 0 Å². The van der Waals surface area contributed by atoms with E-state index in [9.17, 15) is 0 Å². The summed E-state index contributed by atoms with van der Waals surface area (Å²) in [7, 11) is 0. The Morgan fingerprint density at radius 3 is 2.10 bits per heavy atom. The minimum atomic E-state index is 0.354. The Morgan fingerprint density at radius 2 is 1.60 bits per heavy atom. The molecule has 0 aromatic heterocycles. The molecule has 1 aromatic carbocycles. The summed E-state index contributed by atoms with van der Waals surface area (Å²) >= 11 is 0. The van der Waals surface area contributed by atoms with Crippen molar-refractivity contribution >= 4 is 0 Å². The summed E-state index contributed by atoms with van der Waals surface area (Å²) in [5.41, 5.74) is 8.90. The number of hydrogen-bond acceptors (Lipinski definition) is 2. The quantitative estimate of drug-likeness (QED) is 0.891. The van der Waals surface area contributed by atoms with Gasteiger partial charge in [-0.05, 0) is 62.2 Å². The molecule has 2 N–H and O–H groups in total. The van der Waals surface area contributed by atoms with Gasteiger partial charge in [0.2, 0.25) is 0 Å². The topological polar surface area (TPSA) is 29.3 Å². The second-order valence-corrected chi connectivity index (χ2v) is 6.89. The van der Waals surface area contributed by atoms with Crippen molar-refractivity contribution in [2.24, 2.45) is 17.6 Å². The average Bonchev–Trinajstić information content (AvgIpc) is 2.41. The van der Waals surface area contributed by atoms with Gasteiger partial charge in [0.1, 0.15) is 0 Å². The maximum atomic E-state index is 6.00. The standard InChI is InChI=1S/C18H30N2/c1-14(2)12-16-4-6-17(7-5-16)13-20-10-8-18(9-11-20)15(3)19/h4-7,14-15,18H,8-13,19H2,1-3H3. The number of likely N-dealkylation sites (tertiary alicyclic amines) is 1. The molecule has 0 radical (unpaired) electrons. The van der Waals surface area contributed by atoms with Crippen LogP contribution in [0.15, 0.2) is 24.3 Å². The van der Waals surface area contributed by atoms with E-state index in [1.807, 2.05) is 0 Å². The first-order chi connectivity index (χ1) is 9.54. The fourth-order valence-electron chi connectivity index (χ4n) is 3.15. The van der Waals surface area contributed by atoms with Crippen molar-refractivity contribution in [2.45, 2.75) is 52.6 Å². The maximum Gasteiger partial charge on any atom is 0.0233 e. The molecule has 1 fully saturated rings. The smallest absolute Gasteiger partial charge is 0.0233 e. The Balaban J connectivity index is 1.82. The van der Waals surface area contributed by atoms with E-state index in [2.05, 4.69) is 49.9 Å². The van der Waals surface area contributed by atoms with Crippen molar-refractivity contribution in [2.75, 3.05) is 13.1 Å². The summed E-state index contributed by atoms with van der Waals surface area (Å²) < 4.78 is 0. The van der Waals surface area contributed by atoms with Crippen LogP contribution in [0.1, 0.15) is 44.7 Å². The van der Waals surface area contributed by atoms with E-state index in [-0.39, 0.29) is 0 Å². The van der Waals surface area contributed by atoms with Gasteiger partial charge in [0.05, 0.1) is 0 Å². The maximum absolute atomic E-state index is 6.00. The molecule has 0 bridgehead atoms. The Kier molecular flexibility index (Phi) is 5.62. The summed E-state index contributed by atoms with van der Waals surface area (Å²) in [6, 6.07) is 9.55. The highest BCUT2D eigenvalue weighted by Crippen LogP contribution is 2.21. The fraction of sp³-hybridized carbons (Fsp3) is 0.667. The van der Waals surface area contributed by atoms with Crippen LogP contribution in [0.25, 0.3) is 0 Å². The number of nitrogens with zero attached hydrogens (tertiary/aromatic N) is 1. The lowest BCUT2D eigenvalue weighted by Crippen LogP contribution is -2.39. The van der Waals surface area contributed by atoms with Crippen LogP contribution in [-0.4, -0.2) is 24.0 Å². The molecule has 0 amide bonds. The van der Waals surface area contributed by atoms with Gasteiger partial charge in [-0.1, -0.05) is 38.1 Å². The summed E-state index contributed by atoms with van der Waals surface area (Å²) in [5, 5.41) is 0. The molecule has 1 atom stereocenters. The van der Waals surface area contributed by atoms with Crippen molar-refractivity contribution in [3.63, 3.8) is 0 Å². The molecule has 0 aliphatic carbocycles. The Labute approximate surface area is 124 Å². The number of hydrogen-bond donors (Lipinski definition) is 1. The first kappa shape index (κ1) is 15.5. The van der Waals surface area contributed by atoms with Crippen LogP contribution in [-0.2, 0) is 13.0 Å². The van der Waals surface area contributed by atoms with E-state index in [1.165, 1.54) is 43.5 Å². The molecule has 0 spiro atoms. The summed E-state index contributed by atoms with van der Waals surface area (Å²) in [6.45, 7) is 10.2. The second-order valence-electron chi connectivity index (χ2n) is 6.89. The third kappa shape index (κ3) is 4.60. The van der Waals surface area contributed by atoms with Gasteiger partial charge >= 0.3 is 0 Å². The molecule has 1 heterocycles. The third-order valence-corrected chi connectivity index (χ3v) is 4.45. The molecular weight excluding hydrogens is 244 g/mol. The molecule has 0 saturated carbocycles. The van der Waals surface area contributed by atoms with Gasteiger partial charge in [-0.25, -0.2) is 0 Å². The average molecular weight is 274 g/mol. The van der Waals surface area contributed by atoms with Gasteiger partial charge in [0.25, 0.3) is 0 Å². The highest BCUT2D eigenvalue weighted by atomic mass is 15.1. The van der Waals surface area contributed by atoms with Gasteiger partial charge in [-0.15, -0.1) is 0 Å². The zero-order valence-electron chi connectivity index (χ0n) is 13.3. The van der Waals surface area contributed by atoms with E-state index in [0.717, 1.165) is 18.4 Å². The van der Waals surface area contributed by atoms with Gasteiger partial charge in [-0.3, -0.25) is 4.90 Å². The van der Waals surface area contributed by atoms with Crippen LogP contribution in [0.4, 0.5) is 0 Å². The molecule has 1 unspecified atom stereocenters. The van der Waals surface area contributed by atoms with Crippen LogP contribution >= 0.6 is 0 Å². The molecule has 2 nitrogen and oxygen atoms in total. The van der Waals surface area contributed by atoms with Crippen molar-refractivity contribution in [3.8, 4) is 0 Å². The van der Waals surface area contributed by atoms with E-state index in [4.69, 9.17) is 5.73 Å². The zero-order chi connectivity index (χ0) is 14.5. The molecule has 2 heteroatoms. The molecule has 20 heavy (non-hydrogen) atoms. The van der Waals surface area contributed by atoms with Gasteiger partial charge in [-0.2, -0.15) is 0 Å². The Bertz CT molecular complexity index is 386. The number of nitrogens with two attached hydrogens (primary N) is 1. The minimum absolute atomic E-state index is 0.354. The second kappa shape index (κ2) is 7.24. The molecule has 1 aliphatic rings. The number of rotatable bonds is 5. The molecular formula is C18H30N2. The zero-order valence-corrected chi connectivity index (χ0v) is 13.3. The van der Waals surface area contributed by atoms with Crippen LogP contribution in [0.3, 0.4) is 0 Å². The molecule has 1 aliphatic heterocycles. The van der Waals surface area contributed by atoms with Crippen LogP contribution < -0.4 is 5.73 Å². The highest BCUT2D eigenvalue weighted by molar-refractivity contribution is 5.22. The van der Waals surface area contributed by atoms with Gasteiger partial charge in [0, 0.05) is 12.6 Å². The van der Waals surface area contributed by atoms with E-state index < -0.39 is 0 Å². The van der Waals surface area contributed by atoms with E-state index >= 15 is 0 Å². The third-order valence-electron chi connectivity index (χ3n) is 4.45. The first-order valence-corrected chi connectivity index (χ1v) is 8.10. The molecule has 2 rings (SSSR count). The number of piperidine rings is 1. The first-order valence-electron chi connectivity index (χ1n) is 8.10. The van der Waals surface area contributed by atoms with Crippen molar-refractivity contribution in [3.05, 3.63) is 35.4 Å². The molecule has 1 aromatic rings. The highest BCUT2D eigenvalue weighted by Gasteiger charge is 2.21. The minimum Gasteiger partial charge on any atom is -0.328 e. The van der Waals surface area contributed by atoms with E-state index in [1.54, 1.807) is 0 Å². The van der Waals surface area contributed by atoms with Gasteiger partial charge in [0.15, 0.2) is 0 Å². The van der Waals surface area contributed by atoms with Crippen molar-refractivity contribution in [1.29, 1.82) is 0 Å². The van der Waals surface area contributed by atoms with Crippen molar-refractivity contribution in [1.82, 2.24) is 4.90 Å². The predicted molar refractivity (Wildman–Crippen MR) is 86.6 cm³/mol. The lowest BCUT2D eigenvalue weighted by molar-refractivity contribution is 0.166. The molecule has 1 saturated heterocycles. The van der Waals surface area contributed by atoms with E-state index in [0.29, 0.717) is 6.04 Å². The fourth-order valence-corrected chi connectivity index (χ4v) is 3.15. The summed E-state index contributed by atoms with van der Waals surface area (Å²) in [5.74, 6) is 1.46. The Hall–Kier alpha value is -0.860. The summed E-state index contributed by atoms with van der Waals surface area (Å²) in [6.07, 6.45) is 3.69.